The van der Waals surface area contributed by atoms with Crippen LogP contribution in [0.1, 0.15) is 58.1 Å². The number of rotatable bonds is 4. The molecule has 0 saturated heterocycles. The van der Waals surface area contributed by atoms with Crippen LogP contribution < -0.4 is 23.5 Å². The van der Waals surface area contributed by atoms with Gasteiger partial charge in [0.05, 0.1) is 5.41 Å². The van der Waals surface area contributed by atoms with E-state index in [2.05, 4.69) is 118 Å². The summed E-state index contributed by atoms with van der Waals surface area (Å²) in [6.07, 6.45) is 9.97. The highest BCUT2D eigenvalue weighted by atomic mass is 35.7. The maximum absolute atomic E-state index is 8.49. The molecule has 208 valence electrons. The van der Waals surface area contributed by atoms with Crippen molar-refractivity contribution in [1.82, 2.24) is 0 Å². The zero-order valence-electron chi connectivity index (χ0n) is 23.3. The topological polar surface area (TPSA) is 98.5 Å². The Balaban J connectivity index is 0.000000648. The van der Waals surface area contributed by atoms with Gasteiger partial charge in [-0.2, -0.15) is 4.58 Å². The number of allylic oxidation sites excluding steroid dienone is 5. The maximum Gasteiger partial charge on any atom is 0.209 e. The lowest BCUT2D eigenvalue weighted by Gasteiger charge is -2.31. The van der Waals surface area contributed by atoms with Crippen LogP contribution in [-0.2, 0) is 10.8 Å². The molecule has 2 aliphatic heterocycles. The third-order valence-corrected chi connectivity index (χ3v) is 8.96. The van der Waals surface area contributed by atoms with Gasteiger partial charge in [0.2, 0.25) is 5.69 Å². The molecular formula is C31H36Cl2N2O4. The molecule has 0 spiro atoms. The van der Waals surface area contributed by atoms with Gasteiger partial charge in [-0.1, -0.05) is 74.0 Å². The summed E-state index contributed by atoms with van der Waals surface area (Å²) in [6.45, 7) is 9.35. The Labute approximate surface area is 238 Å². The molecule has 0 amide bonds. The van der Waals surface area contributed by atoms with Gasteiger partial charge < -0.3 is 4.90 Å². The van der Waals surface area contributed by atoms with Crippen LogP contribution in [0.5, 0.6) is 0 Å². The highest BCUT2D eigenvalue weighted by Crippen LogP contribution is 2.46. The van der Waals surface area contributed by atoms with E-state index < -0.39 is 10.2 Å². The van der Waals surface area contributed by atoms with Crippen LogP contribution >= 0.6 is 11.6 Å². The minimum absolute atomic E-state index is 0.0141. The molecule has 6 nitrogen and oxygen atoms in total. The van der Waals surface area contributed by atoms with E-state index in [1.807, 2.05) is 0 Å². The van der Waals surface area contributed by atoms with Crippen molar-refractivity contribution >= 4 is 28.7 Å². The average molecular weight is 572 g/mol. The number of hydrogen-bond donors (Lipinski definition) is 0. The lowest BCUT2D eigenvalue weighted by molar-refractivity contribution is -2.00. The summed E-state index contributed by atoms with van der Waals surface area (Å²) in [7, 11) is -0.548. The molecule has 0 saturated carbocycles. The van der Waals surface area contributed by atoms with Crippen LogP contribution in [0.25, 0.3) is 0 Å². The van der Waals surface area contributed by atoms with Crippen molar-refractivity contribution < 1.29 is 33.5 Å². The second kappa shape index (κ2) is 10.8. The first-order valence-electron chi connectivity index (χ1n) is 13.0. The summed E-state index contributed by atoms with van der Waals surface area (Å²) in [5.41, 5.74) is 9.45. The van der Waals surface area contributed by atoms with Crippen molar-refractivity contribution in [2.45, 2.75) is 63.8 Å². The Kier molecular flexibility index (Phi) is 8.21. The first-order chi connectivity index (χ1) is 18.1. The molecule has 0 fully saturated rings. The molecule has 0 bridgehead atoms. The Hall–Kier alpha value is -2.45. The number of benzene rings is 2. The Morgan fingerprint density at radius 2 is 1.54 bits per heavy atom. The van der Waals surface area contributed by atoms with Crippen LogP contribution in [0, 0.1) is 10.2 Å². The van der Waals surface area contributed by atoms with E-state index in [4.69, 9.17) is 30.2 Å². The van der Waals surface area contributed by atoms with Crippen LogP contribution in [0.2, 0.25) is 0 Å². The quantitative estimate of drug-likeness (QED) is 0.526. The summed E-state index contributed by atoms with van der Waals surface area (Å²) in [5, 5.41) is 0.948. The van der Waals surface area contributed by atoms with Crippen molar-refractivity contribution in [2.75, 3.05) is 19.0 Å². The summed E-state index contributed by atoms with van der Waals surface area (Å²) in [6, 6.07) is 18.0. The molecule has 0 radical (unpaired) electrons. The summed E-state index contributed by atoms with van der Waals surface area (Å²) >= 11 is 6.93. The fraction of sp³-hybridized carbons (Fsp3) is 0.387. The molecule has 1 aliphatic carbocycles. The van der Waals surface area contributed by atoms with Gasteiger partial charge in [-0.25, -0.2) is 18.6 Å². The summed E-state index contributed by atoms with van der Waals surface area (Å²) in [5.74, 6) is 0. The van der Waals surface area contributed by atoms with Gasteiger partial charge in [-0.05, 0) is 55.9 Å². The fourth-order valence-corrected chi connectivity index (χ4v) is 6.72. The third kappa shape index (κ3) is 5.87. The van der Waals surface area contributed by atoms with Gasteiger partial charge in [0.25, 0.3) is 0 Å². The largest absolute Gasteiger partial charge is 0.370 e. The van der Waals surface area contributed by atoms with E-state index in [-0.39, 0.29) is 10.8 Å². The molecule has 39 heavy (non-hydrogen) atoms. The predicted octanol–water partition coefficient (Wildman–Crippen LogP) is 2.89. The minimum Gasteiger partial charge on any atom is -0.370 e. The SMILES string of the molecule is CN1c2ccccc2C(C)(C)C1C/C=C1\CCC(/C=C/C2=[N+](C)c3ccccc3C2(C)C)=C1Cl.[O-][Cl+3]([O-])([O-])[O-]. The molecule has 0 N–H and O–H groups in total. The molecule has 5 rings (SSSR count). The van der Waals surface area contributed by atoms with E-state index in [0.717, 1.165) is 24.3 Å². The number of para-hydroxylation sites is 2. The molecule has 0 aromatic heterocycles. The van der Waals surface area contributed by atoms with Crippen molar-refractivity contribution in [3.63, 3.8) is 0 Å². The highest BCUT2D eigenvalue weighted by Gasteiger charge is 2.43. The number of anilines is 1. The van der Waals surface area contributed by atoms with E-state index in [1.165, 1.54) is 39.4 Å². The van der Waals surface area contributed by atoms with Gasteiger partial charge in [0.1, 0.15) is 7.05 Å². The monoisotopic (exact) mass is 570 g/mol. The number of likely N-dealkylation sites (N-methyl/N-ethyl adjacent to an activating group) is 1. The van der Waals surface area contributed by atoms with Crippen molar-refractivity contribution in [3.8, 4) is 0 Å². The van der Waals surface area contributed by atoms with Crippen molar-refractivity contribution in [1.29, 1.82) is 0 Å². The predicted molar refractivity (Wildman–Crippen MR) is 146 cm³/mol. The molecule has 1 unspecified atom stereocenters. The van der Waals surface area contributed by atoms with E-state index >= 15 is 0 Å². The average Bonchev–Trinajstić information content (AvgIpc) is 3.37. The number of halogens is 2. The van der Waals surface area contributed by atoms with Crippen molar-refractivity contribution in [3.05, 3.63) is 94.1 Å². The second-order valence-electron chi connectivity index (χ2n) is 11.5. The second-order valence-corrected chi connectivity index (χ2v) is 12.6. The van der Waals surface area contributed by atoms with Gasteiger partial charge in [-0.15, -0.1) is 10.2 Å². The first-order valence-corrected chi connectivity index (χ1v) is 14.7. The molecule has 1 atom stereocenters. The first kappa shape index (κ1) is 29.5. The van der Waals surface area contributed by atoms with Crippen LogP contribution in [0.3, 0.4) is 0 Å². The minimum atomic E-state index is -4.94. The van der Waals surface area contributed by atoms with E-state index in [9.17, 15) is 0 Å². The van der Waals surface area contributed by atoms with Gasteiger partial charge in [0.15, 0.2) is 5.71 Å². The number of nitrogens with zero attached hydrogens (tertiary/aromatic N) is 2. The number of fused-ring (bicyclic) bond motifs is 2. The zero-order valence-corrected chi connectivity index (χ0v) is 24.8. The third-order valence-electron chi connectivity index (χ3n) is 8.48. The maximum atomic E-state index is 8.49. The molecule has 2 aromatic rings. The van der Waals surface area contributed by atoms with Gasteiger partial charge in [0, 0.05) is 46.9 Å². The lowest BCUT2D eigenvalue weighted by Crippen LogP contribution is -2.68. The van der Waals surface area contributed by atoms with Crippen LogP contribution in [-0.4, -0.2) is 30.4 Å². The smallest absolute Gasteiger partial charge is 0.209 e. The normalized spacial score (nSPS) is 22.5. The molecule has 2 aromatic carbocycles. The molecule has 2 heterocycles. The molecular weight excluding hydrogens is 535 g/mol. The van der Waals surface area contributed by atoms with Gasteiger partial charge >= 0.3 is 0 Å². The standard InChI is InChI=1S/C31H36ClN2.ClHO4/c1-30(2)23-11-7-9-13-25(23)33(5)27(30)19-17-21-15-16-22(29(21)32)18-20-28-31(3,4)24-12-8-10-14-26(24)34(28)6;2-1(3,4)5/h7-14,17-19,28H,15-16,20H2,1-6H3;(H,2,3,4,5)/q+1;/p-1/b19-17+,22-18+;. The molecule has 8 heteroatoms. The highest BCUT2D eigenvalue weighted by molar-refractivity contribution is 6.33. The Morgan fingerprint density at radius 3 is 2.15 bits per heavy atom. The summed E-state index contributed by atoms with van der Waals surface area (Å²) < 4.78 is 36.3. The summed E-state index contributed by atoms with van der Waals surface area (Å²) in [4.78, 5) is 2.45. The zero-order chi connectivity index (χ0) is 28.8. The number of hydrogen-bond acceptors (Lipinski definition) is 5. The van der Waals surface area contributed by atoms with E-state index in [0.29, 0.717) is 6.04 Å². The van der Waals surface area contributed by atoms with Crippen LogP contribution in [0.15, 0.2) is 82.9 Å². The molecule has 3 aliphatic rings. The lowest BCUT2D eigenvalue weighted by atomic mass is 9.79. The Bertz CT molecular complexity index is 1380. The van der Waals surface area contributed by atoms with Gasteiger partial charge in [-0.3, -0.25) is 0 Å². The van der Waals surface area contributed by atoms with Crippen molar-refractivity contribution in [2.24, 2.45) is 0 Å². The Morgan fingerprint density at radius 1 is 0.949 bits per heavy atom. The fourth-order valence-electron chi connectivity index (χ4n) is 6.39. The van der Waals surface area contributed by atoms with E-state index in [1.54, 1.807) is 0 Å². The van der Waals surface area contributed by atoms with Crippen LogP contribution in [0.4, 0.5) is 11.4 Å².